The third-order valence-electron chi connectivity index (χ3n) is 9.58. The fourth-order valence-electron chi connectivity index (χ4n) is 7.68. The lowest BCUT2D eigenvalue weighted by molar-refractivity contribution is 0.421. The second-order valence-electron chi connectivity index (χ2n) is 12.3. The maximum absolute atomic E-state index is 14.7. The van der Waals surface area contributed by atoms with Gasteiger partial charge in [-0.2, -0.15) is 8.42 Å². The minimum Gasteiger partial charge on any atom is -0.744 e. The molecule has 0 aliphatic heterocycles. The predicted octanol–water partition coefficient (Wildman–Crippen LogP) is 7.79. The van der Waals surface area contributed by atoms with E-state index >= 15 is 0 Å². The van der Waals surface area contributed by atoms with Gasteiger partial charge in [0.2, 0.25) is 0 Å². The van der Waals surface area contributed by atoms with Crippen molar-refractivity contribution in [2.45, 2.75) is 118 Å². The molecule has 3 aliphatic rings. The molecule has 0 N–H and O–H groups in total. The minimum absolute atomic E-state index is 0.133. The predicted molar refractivity (Wildman–Crippen MR) is 159 cm³/mol. The summed E-state index contributed by atoms with van der Waals surface area (Å²) in [5, 5.41) is 2.05. The van der Waals surface area contributed by atoms with Crippen LogP contribution in [0.2, 0.25) is 0 Å². The SMILES string of the molecule is Cc1cc(S(=O)(=O)[O-])c2c(c1OS(=O)(=O)c1c(C3CCCCC3)cc3ccccc3c1C1CCCCC1)CCCC2. The normalized spacial score (nSPS) is 19.3. The highest BCUT2D eigenvalue weighted by Gasteiger charge is 2.35. The van der Waals surface area contributed by atoms with Crippen LogP contribution in [-0.2, 0) is 33.1 Å². The molecule has 6 nitrogen and oxygen atoms in total. The van der Waals surface area contributed by atoms with Gasteiger partial charge in [-0.05, 0) is 115 Å². The van der Waals surface area contributed by atoms with Crippen LogP contribution in [0.5, 0.6) is 5.75 Å². The third kappa shape index (κ3) is 5.55. The first-order chi connectivity index (χ1) is 19.6. The van der Waals surface area contributed by atoms with Gasteiger partial charge in [-0.15, -0.1) is 0 Å². The Kier molecular flexibility index (Phi) is 7.94. The lowest BCUT2D eigenvalue weighted by Crippen LogP contribution is -2.22. The average molecular weight is 596 g/mol. The van der Waals surface area contributed by atoms with Gasteiger partial charge < -0.3 is 8.74 Å². The Morgan fingerprint density at radius 3 is 2.02 bits per heavy atom. The topological polar surface area (TPSA) is 101 Å². The quantitative estimate of drug-likeness (QED) is 0.213. The Morgan fingerprint density at radius 1 is 0.756 bits per heavy atom. The Hall–Kier alpha value is -2.42. The molecule has 3 aromatic carbocycles. The Balaban J connectivity index is 1.58. The van der Waals surface area contributed by atoms with Crippen LogP contribution in [0.25, 0.3) is 10.8 Å². The van der Waals surface area contributed by atoms with E-state index in [2.05, 4.69) is 12.1 Å². The molecule has 0 radical (unpaired) electrons. The number of rotatable bonds is 6. The second-order valence-corrected chi connectivity index (χ2v) is 15.1. The molecule has 41 heavy (non-hydrogen) atoms. The van der Waals surface area contributed by atoms with E-state index in [4.69, 9.17) is 4.18 Å². The summed E-state index contributed by atoms with van der Waals surface area (Å²) in [4.78, 5) is 0.0884. The van der Waals surface area contributed by atoms with E-state index in [0.29, 0.717) is 34.4 Å². The molecule has 3 aromatic rings. The summed E-state index contributed by atoms with van der Waals surface area (Å²) >= 11 is 0. The zero-order chi connectivity index (χ0) is 28.8. The Morgan fingerprint density at radius 2 is 1.37 bits per heavy atom. The number of fused-ring (bicyclic) bond motifs is 2. The minimum atomic E-state index is -4.70. The fourth-order valence-corrected chi connectivity index (χ4v) is 10.1. The molecule has 220 valence electrons. The maximum Gasteiger partial charge on any atom is 0.339 e. The number of hydrogen-bond acceptors (Lipinski definition) is 6. The van der Waals surface area contributed by atoms with Crippen LogP contribution < -0.4 is 4.18 Å². The molecule has 6 rings (SSSR count). The highest BCUT2D eigenvalue weighted by molar-refractivity contribution is 7.87. The lowest BCUT2D eigenvalue weighted by atomic mass is 9.78. The number of benzene rings is 3. The number of aryl methyl sites for hydroxylation is 1. The van der Waals surface area contributed by atoms with Crippen LogP contribution in [0.1, 0.15) is 117 Å². The summed E-state index contributed by atoms with van der Waals surface area (Å²) in [6, 6.07) is 11.5. The van der Waals surface area contributed by atoms with Gasteiger partial charge in [-0.3, -0.25) is 0 Å². The molecular formula is C33H39O6S2-. The van der Waals surface area contributed by atoms with Gasteiger partial charge in [0, 0.05) is 5.56 Å². The summed E-state index contributed by atoms with van der Waals surface area (Å²) in [5.74, 6) is 0.477. The third-order valence-corrected chi connectivity index (χ3v) is 11.8. The van der Waals surface area contributed by atoms with E-state index in [1.165, 1.54) is 12.5 Å². The molecule has 0 heterocycles. The van der Waals surface area contributed by atoms with Crippen molar-refractivity contribution in [1.29, 1.82) is 0 Å². The van der Waals surface area contributed by atoms with Gasteiger partial charge in [0.1, 0.15) is 20.8 Å². The first-order valence-corrected chi connectivity index (χ1v) is 18.1. The van der Waals surface area contributed by atoms with Crippen LogP contribution in [0.15, 0.2) is 46.2 Å². The van der Waals surface area contributed by atoms with Gasteiger partial charge in [0.05, 0.1) is 4.90 Å². The monoisotopic (exact) mass is 595 g/mol. The van der Waals surface area contributed by atoms with Crippen LogP contribution in [0.4, 0.5) is 0 Å². The van der Waals surface area contributed by atoms with Crippen LogP contribution >= 0.6 is 0 Å². The van der Waals surface area contributed by atoms with E-state index in [1.54, 1.807) is 6.92 Å². The van der Waals surface area contributed by atoms with Crippen molar-refractivity contribution in [3.63, 3.8) is 0 Å². The van der Waals surface area contributed by atoms with Crippen molar-refractivity contribution in [3.05, 3.63) is 64.2 Å². The standard InChI is InChI=1S/C33H40O6S2/c1-22-20-30(40(34,35)36)27-18-10-11-19-28(27)32(22)39-41(37,38)33-29(23-12-4-2-5-13-23)21-25-16-8-9-17-26(25)31(33)24-14-6-3-7-15-24/h8-9,16-17,20-21,23-24H,2-7,10-15,18-19H2,1H3,(H,34,35,36)/p-1. The molecule has 0 spiro atoms. The highest BCUT2D eigenvalue weighted by atomic mass is 32.2. The van der Waals surface area contributed by atoms with Crippen molar-refractivity contribution in [2.24, 2.45) is 0 Å². The van der Waals surface area contributed by atoms with E-state index in [1.807, 2.05) is 18.2 Å². The molecule has 0 bridgehead atoms. The summed E-state index contributed by atoms with van der Waals surface area (Å²) in [6.07, 6.45) is 12.9. The van der Waals surface area contributed by atoms with E-state index in [-0.39, 0.29) is 22.5 Å². The Bertz CT molecular complexity index is 1680. The van der Waals surface area contributed by atoms with Gasteiger partial charge in [-0.1, -0.05) is 62.8 Å². The largest absolute Gasteiger partial charge is 0.744 e. The van der Waals surface area contributed by atoms with E-state index in [0.717, 1.165) is 92.5 Å². The maximum atomic E-state index is 14.7. The van der Waals surface area contributed by atoms with Gasteiger partial charge in [-0.25, -0.2) is 8.42 Å². The van der Waals surface area contributed by atoms with Gasteiger partial charge in [0.25, 0.3) is 0 Å². The smallest absolute Gasteiger partial charge is 0.339 e. The summed E-state index contributed by atoms with van der Waals surface area (Å²) < 4.78 is 71.9. The van der Waals surface area contributed by atoms with Gasteiger partial charge in [0.15, 0.2) is 0 Å². The molecule has 0 saturated heterocycles. The fraction of sp³-hybridized carbons (Fsp3) is 0.515. The molecule has 0 amide bonds. The number of hydrogen-bond donors (Lipinski definition) is 0. The average Bonchev–Trinajstić information content (AvgIpc) is 2.97. The lowest BCUT2D eigenvalue weighted by Gasteiger charge is -2.31. The summed E-state index contributed by atoms with van der Waals surface area (Å²) in [5.41, 5.74) is 3.10. The first-order valence-electron chi connectivity index (χ1n) is 15.3. The van der Waals surface area contributed by atoms with Crippen molar-refractivity contribution in [3.8, 4) is 5.75 Å². The van der Waals surface area contributed by atoms with Crippen molar-refractivity contribution >= 4 is 31.0 Å². The van der Waals surface area contributed by atoms with Gasteiger partial charge >= 0.3 is 10.1 Å². The molecule has 2 fully saturated rings. The van der Waals surface area contributed by atoms with Crippen molar-refractivity contribution in [1.82, 2.24) is 0 Å². The highest BCUT2D eigenvalue weighted by Crippen LogP contribution is 2.47. The zero-order valence-corrected chi connectivity index (χ0v) is 25.4. The molecule has 2 saturated carbocycles. The molecule has 8 heteroatoms. The van der Waals surface area contributed by atoms with E-state index < -0.39 is 20.2 Å². The Labute approximate surface area is 244 Å². The first kappa shape index (κ1) is 28.7. The molecule has 0 aromatic heterocycles. The molecule has 0 atom stereocenters. The van der Waals surface area contributed by atoms with E-state index in [9.17, 15) is 21.4 Å². The summed E-state index contributed by atoms with van der Waals surface area (Å²) in [6.45, 7) is 1.64. The second kappa shape index (κ2) is 11.3. The van der Waals surface area contributed by atoms with Crippen molar-refractivity contribution < 1.29 is 25.6 Å². The van der Waals surface area contributed by atoms with Crippen LogP contribution in [-0.4, -0.2) is 21.4 Å². The molecule has 3 aliphatic carbocycles. The molecular weight excluding hydrogens is 556 g/mol. The zero-order valence-electron chi connectivity index (χ0n) is 23.8. The van der Waals surface area contributed by atoms with Crippen LogP contribution in [0, 0.1) is 6.92 Å². The summed E-state index contributed by atoms with van der Waals surface area (Å²) in [7, 11) is -9.00. The molecule has 0 unspecified atom stereocenters. The van der Waals surface area contributed by atoms with Crippen LogP contribution in [0.3, 0.4) is 0 Å². The van der Waals surface area contributed by atoms with Crippen molar-refractivity contribution in [2.75, 3.05) is 0 Å².